The van der Waals surface area contributed by atoms with E-state index in [2.05, 4.69) is 12.2 Å². The highest BCUT2D eigenvalue weighted by Gasteiger charge is 2.40. The molecule has 1 fully saturated rings. The van der Waals surface area contributed by atoms with Gasteiger partial charge in [-0.05, 0) is 37.6 Å². The Hall–Kier alpha value is -0.250. The third-order valence-corrected chi connectivity index (χ3v) is 4.21. The van der Waals surface area contributed by atoms with E-state index >= 15 is 0 Å². The molecule has 0 spiro atoms. The SMILES string of the molecule is CCNC(CCC(F)(F)F)C1(CC)CCCC1. The van der Waals surface area contributed by atoms with Crippen molar-refractivity contribution in [3.8, 4) is 0 Å². The Kier molecular flexibility index (Phi) is 5.29. The number of hydrogen-bond acceptors (Lipinski definition) is 1. The van der Waals surface area contributed by atoms with Crippen LogP contribution in [-0.4, -0.2) is 18.8 Å². The Labute approximate surface area is 102 Å². The minimum Gasteiger partial charge on any atom is -0.314 e. The molecule has 1 rings (SSSR count). The van der Waals surface area contributed by atoms with Crippen molar-refractivity contribution < 1.29 is 13.2 Å². The van der Waals surface area contributed by atoms with Crippen LogP contribution in [0.2, 0.25) is 0 Å². The number of rotatable bonds is 6. The summed E-state index contributed by atoms with van der Waals surface area (Å²) < 4.78 is 37.0. The van der Waals surface area contributed by atoms with E-state index in [4.69, 9.17) is 0 Å². The van der Waals surface area contributed by atoms with E-state index in [1.165, 1.54) is 12.8 Å². The van der Waals surface area contributed by atoms with Gasteiger partial charge >= 0.3 is 6.18 Å². The molecule has 1 unspecified atom stereocenters. The van der Waals surface area contributed by atoms with Crippen LogP contribution in [0, 0.1) is 5.41 Å². The molecule has 0 aliphatic heterocycles. The first-order chi connectivity index (χ1) is 7.93. The van der Waals surface area contributed by atoms with Crippen molar-refractivity contribution in [1.29, 1.82) is 0 Å². The molecule has 1 saturated carbocycles. The van der Waals surface area contributed by atoms with Gasteiger partial charge in [0.15, 0.2) is 0 Å². The first kappa shape index (κ1) is 14.8. The highest BCUT2D eigenvalue weighted by Crippen LogP contribution is 2.45. The summed E-state index contributed by atoms with van der Waals surface area (Å²) in [5.41, 5.74) is 0.112. The normalized spacial score (nSPS) is 21.7. The molecule has 102 valence electrons. The van der Waals surface area contributed by atoms with Crippen LogP contribution in [0.5, 0.6) is 0 Å². The molecule has 0 heterocycles. The van der Waals surface area contributed by atoms with Gasteiger partial charge in [-0.1, -0.05) is 26.7 Å². The fraction of sp³-hybridized carbons (Fsp3) is 1.00. The van der Waals surface area contributed by atoms with Gasteiger partial charge in [-0.2, -0.15) is 13.2 Å². The van der Waals surface area contributed by atoms with Gasteiger partial charge in [0.25, 0.3) is 0 Å². The minimum absolute atomic E-state index is 0.0293. The zero-order valence-electron chi connectivity index (χ0n) is 10.9. The number of nitrogens with one attached hydrogen (secondary N) is 1. The van der Waals surface area contributed by atoms with E-state index in [-0.39, 0.29) is 17.9 Å². The van der Waals surface area contributed by atoms with Gasteiger partial charge in [0.05, 0.1) is 0 Å². The molecule has 0 saturated heterocycles. The van der Waals surface area contributed by atoms with Crippen LogP contribution in [-0.2, 0) is 0 Å². The molecule has 1 atom stereocenters. The highest BCUT2D eigenvalue weighted by molar-refractivity contribution is 4.94. The molecule has 0 amide bonds. The standard InChI is InChI=1S/C13H24F3N/c1-3-12(8-5-6-9-12)11(17-4-2)7-10-13(14,15)16/h11,17H,3-10H2,1-2H3. The Morgan fingerprint density at radius 3 is 2.18 bits per heavy atom. The predicted octanol–water partition coefficient (Wildman–Crippen LogP) is 4.28. The van der Waals surface area contributed by atoms with E-state index < -0.39 is 12.6 Å². The molecule has 0 radical (unpaired) electrons. The van der Waals surface area contributed by atoms with Gasteiger partial charge in [-0.3, -0.25) is 0 Å². The maximum absolute atomic E-state index is 12.3. The zero-order chi connectivity index (χ0) is 12.9. The lowest BCUT2D eigenvalue weighted by molar-refractivity contribution is -0.138. The van der Waals surface area contributed by atoms with Gasteiger partial charge in [0.1, 0.15) is 0 Å². The van der Waals surface area contributed by atoms with Gasteiger partial charge < -0.3 is 5.32 Å². The van der Waals surface area contributed by atoms with Crippen molar-refractivity contribution >= 4 is 0 Å². The minimum atomic E-state index is -4.03. The molecule has 17 heavy (non-hydrogen) atoms. The second-order valence-corrected chi connectivity index (χ2v) is 5.19. The van der Waals surface area contributed by atoms with Crippen LogP contribution in [0.1, 0.15) is 58.8 Å². The lowest BCUT2D eigenvalue weighted by atomic mass is 9.74. The topological polar surface area (TPSA) is 12.0 Å². The summed E-state index contributed by atoms with van der Waals surface area (Å²) in [7, 11) is 0. The second-order valence-electron chi connectivity index (χ2n) is 5.19. The van der Waals surface area contributed by atoms with Crippen LogP contribution in [0.25, 0.3) is 0 Å². The van der Waals surface area contributed by atoms with Crippen LogP contribution in [0.4, 0.5) is 13.2 Å². The van der Waals surface area contributed by atoms with E-state index in [1.54, 1.807) is 0 Å². The van der Waals surface area contributed by atoms with Gasteiger partial charge in [0, 0.05) is 12.5 Å². The van der Waals surface area contributed by atoms with E-state index in [0.717, 1.165) is 25.8 Å². The fourth-order valence-electron chi connectivity index (χ4n) is 3.21. The Morgan fingerprint density at radius 1 is 1.18 bits per heavy atom. The van der Waals surface area contributed by atoms with Crippen molar-refractivity contribution in [2.75, 3.05) is 6.54 Å². The van der Waals surface area contributed by atoms with Crippen LogP contribution < -0.4 is 5.32 Å². The van der Waals surface area contributed by atoms with Gasteiger partial charge in [-0.15, -0.1) is 0 Å². The summed E-state index contributed by atoms with van der Waals surface area (Å²) >= 11 is 0. The molecular weight excluding hydrogens is 227 g/mol. The lowest BCUT2D eigenvalue weighted by Crippen LogP contribution is -2.44. The largest absolute Gasteiger partial charge is 0.389 e. The van der Waals surface area contributed by atoms with Crippen LogP contribution >= 0.6 is 0 Å². The summed E-state index contributed by atoms with van der Waals surface area (Å²) in [6, 6.07) is 0.0293. The van der Waals surface area contributed by atoms with Crippen molar-refractivity contribution in [3.63, 3.8) is 0 Å². The van der Waals surface area contributed by atoms with Crippen LogP contribution in [0.3, 0.4) is 0 Å². The van der Waals surface area contributed by atoms with Gasteiger partial charge in [0.2, 0.25) is 0 Å². The molecule has 0 bridgehead atoms. The van der Waals surface area contributed by atoms with Crippen molar-refractivity contribution in [3.05, 3.63) is 0 Å². The molecular formula is C13H24F3N. The Balaban J connectivity index is 2.63. The Bertz CT molecular complexity index is 219. The van der Waals surface area contributed by atoms with E-state index in [1.807, 2.05) is 6.92 Å². The quantitative estimate of drug-likeness (QED) is 0.743. The second kappa shape index (κ2) is 6.07. The molecule has 4 heteroatoms. The molecule has 1 aliphatic rings. The maximum atomic E-state index is 12.3. The van der Waals surface area contributed by atoms with Crippen molar-refractivity contribution in [2.24, 2.45) is 5.41 Å². The highest BCUT2D eigenvalue weighted by atomic mass is 19.4. The number of halogens is 3. The first-order valence-electron chi connectivity index (χ1n) is 6.73. The number of alkyl halides is 3. The average Bonchev–Trinajstić information content (AvgIpc) is 2.72. The summed E-state index contributed by atoms with van der Waals surface area (Å²) in [5, 5.41) is 3.29. The lowest BCUT2D eigenvalue weighted by Gasteiger charge is -2.38. The predicted molar refractivity (Wildman–Crippen MR) is 63.9 cm³/mol. The maximum Gasteiger partial charge on any atom is 0.389 e. The summed E-state index contributed by atoms with van der Waals surface area (Å²) in [6.45, 7) is 4.84. The molecule has 1 N–H and O–H groups in total. The van der Waals surface area contributed by atoms with Gasteiger partial charge in [-0.25, -0.2) is 0 Å². The van der Waals surface area contributed by atoms with E-state index in [9.17, 15) is 13.2 Å². The zero-order valence-corrected chi connectivity index (χ0v) is 10.9. The summed E-state index contributed by atoms with van der Waals surface area (Å²) in [6.07, 6.45) is 1.03. The molecule has 1 aliphatic carbocycles. The Morgan fingerprint density at radius 2 is 1.76 bits per heavy atom. The third kappa shape index (κ3) is 4.16. The van der Waals surface area contributed by atoms with Crippen molar-refractivity contribution in [2.45, 2.75) is 71.0 Å². The van der Waals surface area contributed by atoms with Crippen LogP contribution in [0.15, 0.2) is 0 Å². The van der Waals surface area contributed by atoms with Crippen molar-refractivity contribution in [1.82, 2.24) is 5.32 Å². The third-order valence-electron chi connectivity index (χ3n) is 4.21. The molecule has 0 aromatic heterocycles. The summed E-state index contributed by atoms with van der Waals surface area (Å²) in [5.74, 6) is 0. The fourth-order valence-corrected chi connectivity index (χ4v) is 3.21. The van der Waals surface area contributed by atoms with E-state index in [0.29, 0.717) is 0 Å². The molecule has 0 aromatic carbocycles. The molecule has 0 aromatic rings. The smallest absolute Gasteiger partial charge is 0.314 e. The first-order valence-corrected chi connectivity index (χ1v) is 6.73. The average molecular weight is 251 g/mol. The molecule has 1 nitrogen and oxygen atoms in total. The monoisotopic (exact) mass is 251 g/mol. The number of hydrogen-bond donors (Lipinski definition) is 1. The summed E-state index contributed by atoms with van der Waals surface area (Å²) in [4.78, 5) is 0.